The predicted octanol–water partition coefficient (Wildman–Crippen LogP) is 5.28. The number of aromatic nitrogens is 1. The van der Waals surface area contributed by atoms with Gasteiger partial charge in [0.05, 0.1) is 17.8 Å². The van der Waals surface area contributed by atoms with Gasteiger partial charge in [0, 0.05) is 26.6 Å². The minimum atomic E-state index is 0.142. The number of benzene rings is 2. The summed E-state index contributed by atoms with van der Waals surface area (Å²) in [7, 11) is 0. The molecule has 1 aliphatic heterocycles. The van der Waals surface area contributed by atoms with Crippen LogP contribution < -0.4 is 0 Å². The van der Waals surface area contributed by atoms with Crippen LogP contribution in [0.3, 0.4) is 0 Å². The van der Waals surface area contributed by atoms with Gasteiger partial charge in [-0.3, -0.25) is 0 Å². The van der Waals surface area contributed by atoms with Crippen molar-refractivity contribution in [3.05, 3.63) is 64.1 Å². The molecule has 4 heteroatoms. The van der Waals surface area contributed by atoms with Crippen LogP contribution >= 0.6 is 23.2 Å². The van der Waals surface area contributed by atoms with Gasteiger partial charge in [-0.05, 0) is 30.3 Å². The number of pyridine rings is 1. The van der Waals surface area contributed by atoms with Crippen LogP contribution in [0.25, 0.3) is 22.2 Å². The molecule has 0 spiro atoms. The normalized spacial score (nSPS) is 17.1. The maximum atomic E-state index is 6.07. The molecule has 0 amide bonds. The number of ether oxygens (including phenoxy) is 1. The molecule has 0 saturated carbocycles. The summed E-state index contributed by atoms with van der Waals surface area (Å²) in [5.41, 5.74) is 3.97. The molecule has 2 aromatic carbocycles. The summed E-state index contributed by atoms with van der Waals surface area (Å²) in [4.78, 5) is 4.79. The predicted molar refractivity (Wildman–Crippen MR) is 85.9 cm³/mol. The lowest BCUT2D eigenvalue weighted by molar-refractivity contribution is 0.416. The second-order valence-electron chi connectivity index (χ2n) is 5.09. The van der Waals surface area contributed by atoms with Crippen molar-refractivity contribution in [1.29, 1.82) is 0 Å². The van der Waals surface area contributed by atoms with E-state index in [9.17, 15) is 0 Å². The molecule has 2 nitrogen and oxygen atoms in total. The fraction of sp³-hybridized carbons (Fsp3) is 0.118. The van der Waals surface area contributed by atoms with Crippen molar-refractivity contribution in [2.45, 2.75) is 6.10 Å². The number of hydrogen-bond acceptors (Lipinski definition) is 2. The Kier molecular flexibility index (Phi) is 3.11. The fourth-order valence-electron chi connectivity index (χ4n) is 2.47. The van der Waals surface area contributed by atoms with E-state index in [1.165, 1.54) is 0 Å². The minimum absolute atomic E-state index is 0.142. The summed E-state index contributed by atoms with van der Waals surface area (Å²) in [5, 5.41) is 2.47. The third-order valence-electron chi connectivity index (χ3n) is 3.61. The van der Waals surface area contributed by atoms with E-state index in [0.29, 0.717) is 10.0 Å². The van der Waals surface area contributed by atoms with Gasteiger partial charge in [0.1, 0.15) is 6.10 Å². The van der Waals surface area contributed by atoms with Gasteiger partial charge >= 0.3 is 0 Å². The van der Waals surface area contributed by atoms with Crippen LogP contribution in [0.15, 0.2) is 48.5 Å². The van der Waals surface area contributed by atoms with Gasteiger partial charge in [-0.1, -0.05) is 41.4 Å². The Morgan fingerprint density at radius 3 is 2.38 bits per heavy atom. The molecule has 0 radical (unpaired) electrons. The first-order valence-corrected chi connectivity index (χ1v) is 7.44. The van der Waals surface area contributed by atoms with E-state index in [1.807, 2.05) is 42.5 Å². The van der Waals surface area contributed by atoms with Gasteiger partial charge in [0.2, 0.25) is 0 Å². The van der Waals surface area contributed by atoms with Gasteiger partial charge in [-0.25, -0.2) is 4.98 Å². The topological polar surface area (TPSA) is 25.4 Å². The van der Waals surface area contributed by atoms with Crippen LogP contribution in [0.5, 0.6) is 0 Å². The average Bonchev–Trinajstić information content (AvgIpc) is 3.31. The summed E-state index contributed by atoms with van der Waals surface area (Å²) < 4.78 is 5.46. The van der Waals surface area contributed by atoms with Crippen molar-refractivity contribution >= 4 is 34.1 Å². The summed E-state index contributed by atoms with van der Waals surface area (Å²) in [5.74, 6) is 0. The van der Waals surface area contributed by atoms with Crippen LogP contribution in [0, 0.1) is 0 Å². The molecule has 4 rings (SSSR count). The van der Waals surface area contributed by atoms with Gasteiger partial charge in [-0.15, -0.1) is 0 Å². The lowest BCUT2D eigenvalue weighted by Gasteiger charge is -2.10. The monoisotopic (exact) mass is 315 g/mol. The van der Waals surface area contributed by atoms with Crippen molar-refractivity contribution < 1.29 is 4.74 Å². The number of nitrogens with zero attached hydrogens (tertiary/aromatic N) is 1. The maximum absolute atomic E-state index is 6.07. The molecule has 1 saturated heterocycles. The Morgan fingerprint density at radius 2 is 1.67 bits per heavy atom. The molecule has 1 aliphatic rings. The van der Waals surface area contributed by atoms with Gasteiger partial charge in [0.25, 0.3) is 0 Å². The second-order valence-corrected chi connectivity index (χ2v) is 5.96. The Labute approximate surface area is 132 Å². The molecule has 3 aromatic rings. The lowest BCUT2D eigenvalue weighted by Crippen LogP contribution is -1.94. The first-order valence-electron chi connectivity index (χ1n) is 6.68. The first kappa shape index (κ1) is 13.1. The largest absolute Gasteiger partial charge is 0.368 e. The molecule has 1 atom stereocenters. The first-order chi connectivity index (χ1) is 10.2. The zero-order valence-corrected chi connectivity index (χ0v) is 12.5. The van der Waals surface area contributed by atoms with Gasteiger partial charge in [-0.2, -0.15) is 0 Å². The fourth-order valence-corrected chi connectivity index (χ4v) is 2.76. The Bertz CT molecular complexity index is 826. The average molecular weight is 316 g/mol. The second kappa shape index (κ2) is 4.99. The van der Waals surface area contributed by atoms with Crippen LogP contribution in [0.1, 0.15) is 11.7 Å². The van der Waals surface area contributed by atoms with Crippen LogP contribution in [-0.4, -0.2) is 11.6 Å². The number of halogens is 2. The molecule has 21 heavy (non-hydrogen) atoms. The molecule has 104 valence electrons. The Balaban J connectivity index is 1.96. The SMILES string of the molecule is Clc1ccc(-c2nc3cc(Cl)ccc3cc2C2CO2)cc1. The highest BCUT2D eigenvalue weighted by atomic mass is 35.5. The van der Waals surface area contributed by atoms with Crippen molar-refractivity contribution in [3.63, 3.8) is 0 Å². The third-order valence-corrected chi connectivity index (χ3v) is 4.09. The van der Waals surface area contributed by atoms with Gasteiger partial charge < -0.3 is 4.74 Å². The Hall–Kier alpha value is -1.61. The van der Waals surface area contributed by atoms with E-state index < -0.39 is 0 Å². The molecule has 2 heterocycles. The highest BCUT2D eigenvalue weighted by Gasteiger charge is 2.29. The van der Waals surface area contributed by atoms with Crippen molar-refractivity contribution in [1.82, 2.24) is 4.98 Å². The molecule has 1 aromatic heterocycles. The molecule has 1 fully saturated rings. The van der Waals surface area contributed by atoms with Gasteiger partial charge in [0.15, 0.2) is 0 Å². The van der Waals surface area contributed by atoms with E-state index in [0.717, 1.165) is 34.3 Å². The lowest BCUT2D eigenvalue weighted by atomic mass is 10.0. The van der Waals surface area contributed by atoms with E-state index in [2.05, 4.69) is 6.07 Å². The van der Waals surface area contributed by atoms with E-state index in [4.69, 9.17) is 32.9 Å². The van der Waals surface area contributed by atoms with Crippen molar-refractivity contribution in [3.8, 4) is 11.3 Å². The van der Waals surface area contributed by atoms with E-state index >= 15 is 0 Å². The quantitative estimate of drug-likeness (QED) is 0.601. The number of fused-ring (bicyclic) bond motifs is 1. The summed E-state index contributed by atoms with van der Waals surface area (Å²) in [6, 6.07) is 15.6. The molecular weight excluding hydrogens is 305 g/mol. The molecular formula is C17H11Cl2NO. The number of rotatable bonds is 2. The van der Waals surface area contributed by atoms with Crippen LogP contribution in [-0.2, 0) is 4.74 Å². The standard InChI is InChI=1S/C17H11Cl2NO/c18-12-4-1-10(2-5-12)17-14(16-9-21-16)7-11-3-6-13(19)8-15(11)20-17/h1-8,16H,9H2. The molecule has 1 unspecified atom stereocenters. The zero-order valence-electron chi connectivity index (χ0n) is 11.0. The maximum Gasteiger partial charge on any atom is 0.108 e. The van der Waals surface area contributed by atoms with E-state index in [1.54, 1.807) is 0 Å². The summed E-state index contributed by atoms with van der Waals surface area (Å²) in [6.07, 6.45) is 0.142. The molecule has 0 aliphatic carbocycles. The number of epoxide rings is 1. The van der Waals surface area contributed by atoms with Crippen molar-refractivity contribution in [2.75, 3.05) is 6.61 Å². The highest BCUT2D eigenvalue weighted by molar-refractivity contribution is 6.31. The summed E-state index contributed by atoms with van der Waals surface area (Å²) >= 11 is 12.0. The molecule has 0 N–H and O–H groups in total. The molecule has 0 bridgehead atoms. The summed E-state index contributed by atoms with van der Waals surface area (Å²) in [6.45, 7) is 0.751. The number of hydrogen-bond donors (Lipinski definition) is 0. The van der Waals surface area contributed by atoms with Crippen molar-refractivity contribution in [2.24, 2.45) is 0 Å². The van der Waals surface area contributed by atoms with Crippen LogP contribution in [0.4, 0.5) is 0 Å². The van der Waals surface area contributed by atoms with E-state index in [-0.39, 0.29) is 6.10 Å². The smallest absolute Gasteiger partial charge is 0.108 e. The third kappa shape index (κ3) is 2.51. The van der Waals surface area contributed by atoms with Crippen LogP contribution in [0.2, 0.25) is 10.0 Å². The minimum Gasteiger partial charge on any atom is -0.368 e. The zero-order chi connectivity index (χ0) is 14.4. The highest BCUT2D eigenvalue weighted by Crippen LogP contribution is 2.38. The Morgan fingerprint density at radius 1 is 0.952 bits per heavy atom.